The molecule has 1 atom stereocenters. The van der Waals surface area contributed by atoms with Crippen LogP contribution in [0.1, 0.15) is 0 Å². The lowest BCUT2D eigenvalue weighted by molar-refractivity contribution is 1.32. The van der Waals surface area contributed by atoms with E-state index in [1.807, 2.05) is 23.5 Å². The van der Waals surface area contributed by atoms with E-state index in [1.165, 1.54) is 67.4 Å². The average molecular weight is 689 g/mol. The maximum absolute atomic E-state index is 6.79. The summed E-state index contributed by atoms with van der Waals surface area (Å²) < 4.78 is 0. The molecular formula is C42H29PS3Si. The van der Waals surface area contributed by atoms with Crippen molar-refractivity contribution < 1.29 is 0 Å². The van der Waals surface area contributed by atoms with Crippen LogP contribution < -0.4 is 36.7 Å². The summed E-state index contributed by atoms with van der Waals surface area (Å²) in [6.45, 7) is 0. The first-order valence-corrected chi connectivity index (χ1v) is 22.2. The van der Waals surface area contributed by atoms with Crippen LogP contribution in [0.3, 0.4) is 0 Å². The summed E-state index contributed by atoms with van der Waals surface area (Å²) in [6, 6.07) is 62.8. The molecule has 2 aliphatic rings. The maximum Gasteiger partial charge on any atom is 0.184 e. The summed E-state index contributed by atoms with van der Waals surface area (Å²) in [5.41, 5.74) is 2.52. The Morgan fingerprint density at radius 3 is 1.62 bits per heavy atom. The third-order valence-electron chi connectivity index (χ3n) is 9.48. The van der Waals surface area contributed by atoms with E-state index >= 15 is 0 Å². The lowest BCUT2D eigenvalue weighted by atomic mass is 10.1. The highest BCUT2D eigenvalue weighted by atomic mass is 32.4. The summed E-state index contributed by atoms with van der Waals surface area (Å²) in [5, 5.41) is 9.62. The lowest BCUT2D eigenvalue weighted by Gasteiger charge is -2.44. The molecule has 7 aromatic carbocycles. The van der Waals surface area contributed by atoms with Gasteiger partial charge in [-0.15, -0.1) is 0 Å². The Morgan fingerprint density at radius 1 is 0.447 bits per heavy atom. The molecule has 9 rings (SSSR count). The van der Waals surface area contributed by atoms with Crippen molar-refractivity contribution in [1.29, 1.82) is 0 Å². The molecule has 0 nitrogen and oxygen atoms in total. The van der Waals surface area contributed by atoms with Crippen LogP contribution in [0.5, 0.6) is 0 Å². The van der Waals surface area contributed by atoms with Gasteiger partial charge in [0.2, 0.25) is 0 Å². The minimum atomic E-state index is -2.63. The van der Waals surface area contributed by atoms with Gasteiger partial charge in [0.25, 0.3) is 0 Å². The fourth-order valence-corrected chi connectivity index (χ4v) is 20.6. The van der Waals surface area contributed by atoms with Crippen LogP contribution in [0, 0.1) is 0 Å². The van der Waals surface area contributed by atoms with Crippen molar-refractivity contribution in [3.05, 3.63) is 176 Å². The Kier molecular flexibility index (Phi) is 7.26. The third-order valence-corrected chi connectivity index (χ3v) is 22.5. The van der Waals surface area contributed by atoms with Crippen LogP contribution in [0.15, 0.2) is 196 Å². The molecule has 0 N–H and O–H groups in total. The van der Waals surface area contributed by atoms with Gasteiger partial charge in [-0.1, -0.05) is 187 Å². The number of rotatable bonds is 5. The average Bonchev–Trinajstić information content (AvgIpc) is 3.15. The van der Waals surface area contributed by atoms with E-state index in [2.05, 4.69) is 176 Å². The van der Waals surface area contributed by atoms with Crippen molar-refractivity contribution in [2.24, 2.45) is 0 Å². The molecular weight excluding hydrogens is 660 g/mol. The predicted octanol–water partition coefficient (Wildman–Crippen LogP) is 7.42. The van der Waals surface area contributed by atoms with E-state index < -0.39 is 14.1 Å². The van der Waals surface area contributed by atoms with Crippen molar-refractivity contribution in [3.8, 4) is 11.1 Å². The Bertz CT molecular complexity index is 2280. The van der Waals surface area contributed by atoms with Crippen LogP contribution in [0.25, 0.3) is 11.1 Å². The van der Waals surface area contributed by atoms with Crippen LogP contribution in [-0.4, -0.2) is 8.07 Å². The van der Waals surface area contributed by atoms with Gasteiger partial charge >= 0.3 is 0 Å². The molecule has 0 aliphatic carbocycles. The maximum atomic E-state index is 6.79. The van der Waals surface area contributed by atoms with E-state index in [0.29, 0.717) is 0 Å². The second-order valence-electron chi connectivity index (χ2n) is 12.0. The van der Waals surface area contributed by atoms with Crippen molar-refractivity contribution in [2.75, 3.05) is 0 Å². The number of benzene rings is 7. The number of fused-ring (bicyclic) bond motifs is 4. The lowest BCUT2D eigenvalue weighted by Crippen LogP contribution is -2.78. The van der Waals surface area contributed by atoms with Gasteiger partial charge in [0, 0.05) is 25.6 Å². The zero-order valence-corrected chi connectivity index (χ0v) is 29.8. The van der Waals surface area contributed by atoms with Crippen LogP contribution >= 0.6 is 29.6 Å². The smallest absolute Gasteiger partial charge is 0.0902 e. The molecule has 0 radical (unpaired) electrons. The molecule has 0 bridgehead atoms. The highest BCUT2D eigenvalue weighted by Crippen LogP contribution is 2.47. The fourth-order valence-electron chi connectivity index (χ4n) is 7.45. The van der Waals surface area contributed by atoms with E-state index in [0.717, 1.165) is 0 Å². The first kappa shape index (κ1) is 29.3. The van der Waals surface area contributed by atoms with E-state index in [4.69, 9.17) is 11.8 Å². The van der Waals surface area contributed by atoms with Gasteiger partial charge in [-0.2, -0.15) is 0 Å². The summed E-state index contributed by atoms with van der Waals surface area (Å²) in [7, 11) is -2.63. The minimum Gasteiger partial charge on any atom is -0.0902 e. The summed E-state index contributed by atoms with van der Waals surface area (Å²) >= 11 is 10.7. The van der Waals surface area contributed by atoms with Crippen molar-refractivity contribution in [2.45, 2.75) is 19.6 Å². The summed E-state index contributed by atoms with van der Waals surface area (Å²) in [5.74, 6) is 0. The Labute approximate surface area is 291 Å². The van der Waals surface area contributed by atoms with Crippen molar-refractivity contribution >= 4 is 86.1 Å². The number of hydrogen-bond donors (Lipinski definition) is 0. The van der Waals surface area contributed by atoms with E-state index in [-0.39, 0.29) is 0 Å². The number of hydrogen-bond acceptors (Lipinski definition) is 3. The topological polar surface area (TPSA) is 0 Å². The molecule has 2 aliphatic heterocycles. The monoisotopic (exact) mass is 688 g/mol. The van der Waals surface area contributed by atoms with Crippen LogP contribution in [0.2, 0.25) is 0 Å². The molecule has 1 unspecified atom stereocenters. The minimum absolute atomic E-state index is 1.22. The molecule has 0 saturated heterocycles. The molecule has 7 aromatic rings. The van der Waals surface area contributed by atoms with Gasteiger partial charge < -0.3 is 0 Å². The first-order chi connectivity index (χ1) is 23.2. The van der Waals surface area contributed by atoms with E-state index in [9.17, 15) is 0 Å². The van der Waals surface area contributed by atoms with Gasteiger partial charge in [-0.05, 0) is 72.1 Å². The van der Waals surface area contributed by atoms with Gasteiger partial charge in [-0.25, -0.2) is 0 Å². The Morgan fingerprint density at radius 2 is 0.979 bits per heavy atom. The summed E-state index contributed by atoms with van der Waals surface area (Å²) in [6.07, 6.45) is 0. The molecule has 0 spiro atoms. The van der Waals surface area contributed by atoms with Crippen molar-refractivity contribution in [3.63, 3.8) is 0 Å². The zero-order valence-electron chi connectivity index (χ0n) is 25.4. The molecule has 0 aromatic heterocycles. The van der Waals surface area contributed by atoms with Gasteiger partial charge in [0.1, 0.15) is 0 Å². The predicted molar refractivity (Wildman–Crippen MR) is 210 cm³/mol. The second kappa shape index (κ2) is 11.7. The largest absolute Gasteiger partial charge is 0.184 e. The molecule has 0 amide bonds. The molecule has 5 heteroatoms. The van der Waals surface area contributed by atoms with E-state index in [1.54, 1.807) is 0 Å². The highest BCUT2D eigenvalue weighted by Gasteiger charge is 2.52. The normalized spacial score (nSPS) is 16.1. The molecule has 0 fully saturated rings. The standard InChI is InChI=1S/C42H29PS3Si/c44-43(31-16-4-1-5-17-31,32-18-6-2-7-19-32)33-20-14-15-30(29-33)35-27-28-38-42-41(35)46-37-24-11-13-26-40(37)47(42,34-21-8-3-9-22-34)39-25-12-10-23-36(39)45-38/h1-29H. The van der Waals surface area contributed by atoms with Gasteiger partial charge in [0.15, 0.2) is 8.07 Å². The molecule has 224 valence electrons. The van der Waals surface area contributed by atoms with Crippen LogP contribution in [0.4, 0.5) is 0 Å². The zero-order chi connectivity index (χ0) is 31.4. The molecule has 47 heavy (non-hydrogen) atoms. The van der Waals surface area contributed by atoms with Gasteiger partial charge in [-0.3, -0.25) is 0 Å². The fraction of sp³-hybridized carbons (Fsp3) is 0. The SMILES string of the molecule is S=P(c1ccccc1)(c1ccccc1)c1cccc(-c2ccc3c4c2Sc2ccccc2[Si]4(c2ccccc2)c2ccccc2S3)c1. The van der Waals surface area contributed by atoms with Gasteiger partial charge in [0.05, 0.1) is 0 Å². The van der Waals surface area contributed by atoms with Crippen molar-refractivity contribution in [1.82, 2.24) is 0 Å². The summed E-state index contributed by atoms with van der Waals surface area (Å²) in [4.78, 5) is 5.52. The second-order valence-corrected chi connectivity index (χ2v) is 22.2. The third kappa shape index (κ3) is 4.47. The Balaban J connectivity index is 1.32. The Hall–Kier alpha value is -3.89. The van der Waals surface area contributed by atoms with Crippen LogP contribution in [-0.2, 0) is 11.8 Å². The first-order valence-electron chi connectivity index (χ1n) is 15.8. The molecule has 0 saturated carbocycles. The highest BCUT2D eigenvalue weighted by molar-refractivity contribution is 8.25. The molecule has 2 heterocycles. The quantitative estimate of drug-likeness (QED) is 0.137.